The lowest BCUT2D eigenvalue weighted by molar-refractivity contribution is -0.121. The minimum absolute atomic E-state index is 0.0650. The number of halogens is 1. The van der Waals surface area contributed by atoms with Gasteiger partial charge in [0.1, 0.15) is 5.75 Å². The first-order chi connectivity index (χ1) is 11.1. The number of hydrogen-bond donors (Lipinski definition) is 1. The van der Waals surface area contributed by atoms with Crippen molar-refractivity contribution in [3.05, 3.63) is 64.2 Å². The molecular formula is C19H22ClNO2. The molecule has 0 atom stereocenters. The van der Waals surface area contributed by atoms with Gasteiger partial charge in [-0.25, -0.2) is 0 Å². The summed E-state index contributed by atoms with van der Waals surface area (Å²) in [7, 11) is 1.65. The molecule has 0 radical (unpaired) electrons. The number of hydrogen-bond acceptors (Lipinski definition) is 2. The first-order valence-corrected chi connectivity index (χ1v) is 8.11. The Morgan fingerprint density at radius 2 is 1.78 bits per heavy atom. The highest BCUT2D eigenvalue weighted by Gasteiger charge is 2.04. The topological polar surface area (TPSA) is 38.3 Å². The van der Waals surface area contributed by atoms with Crippen molar-refractivity contribution in [2.45, 2.75) is 26.2 Å². The van der Waals surface area contributed by atoms with Crippen molar-refractivity contribution in [2.24, 2.45) is 0 Å². The maximum atomic E-state index is 11.9. The van der Waals surface area contributed by atoms with Gasteiger partial charge in [-0.05, 0) is 54.7 Å². The van der Waals surface area contributed by atoms with Crippen LogP contribution < -0.4 is 10.1 Å². The van der Waals surface area contributed by atoms with E-state index in [1.165, 1.54) is 5.56 Å². The third kappa shape index (κ3) is 5.61. The number of amides is 1. The molecule has 23 heavy (non-hydrogen) atoms. The molecule has 1 N–H and O–H groups in total. The normalized spacial score (nSPS) is 10.4. The number of nitrogens with one attached hydrogen (secondary N) is 1. The third-order valence-corrected chi connectivity index (χ3v) is 4.18. The van der Waals surface area contributed by atoms with E-state index in [9.17, 15) is 4.79 Å². The molecule has 2 aromatic carbocycles. The van der Waals surface area contributed by atoms with E-state index in [0.717, 1.165) is 28.3 Å². The van der Waals surface area contributed by atoms with Crippen LogP contribution in [0, 0.1) is 6.92 Å². The Balaban J connectivity index is 1.71. The molecule has 0 aromatic heterocycles. The van der Waals surface area contributed by atoms with E-state index in [0.29, 0.717) is 19.4 Å². The molecule has 0 unspecified atom stereocenters. The van der Waals surface area contributed by atoms with Crippen LogP contribution in [-0.4, -0.2) is 19.6 Å². The van der Waals surface area contributed by atoms with Gasteiger partial charge in [-0.15, -0.1) is 0 Å². The molecule has 0 spiro atoms. The summed E-state index contributed by atoms with van der Waals surface area (Å²) in [6, 6.07) is 13.8. The molecule has 4 heteroatoms. The van der Waals surface area contributed by atoms with Crippen LogP contribution in [-0.2, 0) is 17.6 Å². The van der Waals surface area contributed by atoms with E-state index in [1.807, 2.05) is 49.4 Å². The van der Waals surface area contributed by atoms with Crippen molar-refractivity contribution in [3.63, 3.8) is 0 Å². The molecule has 0 aliphatic carbocycles. The predicted octanol–water partition coefficient (Wildman–Crippen LogP) is 3.95. The maximum absolute atomic E-state index is 11.9. The van der Waals surface area contributed by atoms with Crippen LogP contribution >= 0.6 is 11.6 Å². The SMILES string of the molecule is COc1ccc(CCNC(=O)CCc2ccc(C)c(Cl)c2)cc1. The van der Waals surface area contributed by atoms with E-state index in [2.05, 4.69) is 5.32 Å². The average molecular weight is 332 g/mol. The van der Waals surface area contributed by atoms with Gasteiger partial charge in [0.15, 0.2) is 0 Å². The van der Waals surface area contributed by atoms with Gasteiger partial charge in [0.05, 0.1) is 7.11 Å². The second kappa shape index (κ2) is 8.59. The van der Waals surface area contributed by atoms with Gasteiger partial charge in [0.25, 0.3) is 0 Å². The molecule has 3 nitrogen and oxygen atoms in total. The van der Waals surface area contributed by atoms with E-state index in [-0.39, 0.29) is 5.91 Å². The molecule has 0 saturated heterocycles. The molecule has 0 fully saturated rings. The van der Waals surface area contributed by atoms with Crippen LogP contribution in [0.1, 0.15) is 23.1 Å². The highest BCUT2D eigenvalue weighted by molar-refractivity contribution is 6.31. The molecule has 0 saturated carbocycles. The highest BCUT2D eigenvalue weighted by atomic mass is 35.5. The smallest absolute Gasteiger partial charge is 0.220 e. The Morgan fingerprint density at radius 1 is 1.09 bits per heavy atom. The molecule has 0 heterocycles. The number of aryl methyl sites for hydroxylation is 2. The Morgan fingerprint density at radius 3 is 2.43 bits per heavy atom. The summed E-state index contributed by atoms with van der Waals surface area (Å²) in [5.74, 6) is 0.907. The fourth-order valence-corrected chi connectivity index (χ4v) is 2.48. The first-order valence-electron chi connectivity index (χ1n) is 7.73. The van der Waals surface area contributed by atoms with Crippen LogP contribution in [0.25, 0.3) is 0 Å². The van der Waals surface area contributed by atoms with Crippen LogP contribution in [0.3, 0.4) is 0 Å². The van der Waals surface area contributed by atoms with E-state index >= 15 is 0 Å². The minimum atomic E-state index is 0.0650. The maximum Gasteiger partial charge on any atom is 0.220 e. The summed E-state index contributed by atoms with van der Waals surface area (Å²) >= 11 is 6.09. The zero-order chi connectivity index (χ0) is 16.7. The lowest BCUT2D eigenvalue weighted by Crippen LogP contribution is -2.25. The summed E-state index contributed by atoms with van der Waals surface area (Å²) < 4.78 is 5.12. The Kier molecular flexibility index (Phi) is 6.48. The van der Waals surface area contributed by atoms with Gasteiger partial charge in [0, 0.05) is 18.0 Å². The monoisotopic (exact) mass is 331 g/mol. The van der Waals surface area contributed by atoms with Crippen LogP contribution in [0.2, 0.25) is 5.02 Å². The largest absolute Gasteiger partial charge is 0.497 e. The molecule has 0 aliphatic rings. The quantitative estimate of drug-likeness (QED) is 0.834. The summed E-state index contributed by atoms with van der Waals surface area (Å²) in [4.78, 5) is 11.9. The van der Waals surface area contributed by atoms with Gasteiger partial charge in [0.2, 0.25) is 5.91 Å². The zero-order valence-corrected chi connectivity index (χ0v) is 14.3. The van der Waals surface area contributed by atoms with Gasteiger partial charge in [-0.3, -0.25) is 4.79 Å². The van der Waals surface area contributed by atoms with Crippen molar-refractivity contribution in [2.75, 3.05) is 13.7 Å². The van der Waals surface area contributed by atoms with E-state index in [4.69, 9.17) is 16.3 Å². The summed E-state index contributed by atoms with van der Waals surface area (Å²) in [5, 5.41) is 3.71. The van der Waals surface area contributed by atoms with Crippen molar-refractivity contribution in [1.29, 1.82) is 0 Å². The van der Waals surface area contributed by atoms with Crippen molar-refractivity contribution in [3.8, 4) is 5.75 Å². The Labute approximate surface area is 142 Å². The van der Waals surface area contributed by atoms with Gasteiger partial charge in [-0.2, -0.15) is 0 Å². The van der Waals surface area contributed by atoms with E-state index in [1.54, 1.807) is 7.11 Å². The number of benzene rings is 2. The second-order valence-electron chi connectivity index (χ2n) is 5.53. The number of methoxy groups -OCH3 is 1. The second-order valence-corrected chi connectivity index (χ2v) is 5.94. The number of carbonyl (C=O) groups is 1. The summed E-state index contributed by atoms with van der Waals surface area (Å²) in [6.45, 7) is 2.61. The lowest BCUT2D eigenvalue weighted by Gasteiger charge is -2.07. The molecule has 2 aromatic rings. The molecule has 0 aliphatic heterocycles. The number of ether oxygens (including phenoxy) is 1. The molecular weight excluding hydrogens is 310 g/mol. The lowest BCUT2D eigenvalue weighted by atomic mass is 10.1. The Bertz CT molecular complexity index is 653. The Hall–Kier alpha value is -2.00. The zero-order valence-electron chi connectivity index (χ0n) is 13.6. The van der Waals surface area contributed by atoms with Crippen LogP contribution in [0.5, 0.6) is 5.75 Å². The van der Waals surface area contributed by atoms with Gasteiger partial charge in [-0.1, -0.05) is 35.9 Å². The van der Waals surface area contributed by atoms with Gasteiger partial charge >= 0.3 is 0 Å². The first kappa shape index (κ1) is 17.4. The predicted molar refractivity (Wildman–Crippen MR) is 94.2 cm³/mol. The van der Waals surface area contributed by atoms with Crippen molar-refractivity contribution < 1.29 is 9.53 Å². The van der Waals surface area contributed by atoms with Crippen molar-refractivity contribution >= 4 is 17.5 Å². The highest BCUT2D eigenvalue weighted by Crippen LogP contribution is 2.17. The number of rotatable bonds is 7. The minimum Gasteiger partial charge on any atom is -0.497 e. The van der Waals surface area contributed by atoms with Crippen LogP contribution in [0.4, 0.5) is 0 Å². The van der Waals surface area contributed by atoms with Gasteiger partial charge < -0.3 is 10.1 Å². The summed E-state index contributed by atoms with van der Waals surface area (Å²) in [6.07, 6.45) is 1.99. The fourth-order valence-electron chi connectivity index (χ4n) is 2.28. The number of carbonyl (C=O) groups excluding carboxylic acids is 1. The molecule has 122 valence electrons. The van der Waals surface area contributed by atoms with E-state index < -0.39 is 0 Å². The summed E-state index contributed by atoms with van der Waals surface area (Å²) in [5.41, 5.74) is 3.32. The van der Waals surface area contributed by atoms with Crippen molar-refractivity contribution in [1.82, 2.24) is 5.32 Å². The average Bonchev–Trinajstić information content (AvgIpc) is 2.56. The molecule has 2 rings (SSSR count). The third-order valence-electron chi connectivity index (χ3n) is 3.77. The van der Waals surface area contributed by atoms with Crippen LogP contribution in [0.15, 0.2) is 42.5 Å². The standard InChI is InChI=1S/C19H22ClNO2/c1-14-3-4-16(13-18(14)20)7-10-19(22)21-12-11-15-5-8-17(23-2)9-6-15/h3-6,8-9,13H,7,10-12H2,1-2H3,(H,21,22). The molecule has 0 bridgehead atoms. The fraction of sp³-hybridized carbons (Fsp3) is 0.316. The molecule has 1 amide bonds.